The van der Waals surface area contributed by atoms with Crippen LogP contribution in [0.25, 0.3) is 0 Å². The largest absolute Gasteiger partial charge is 0.432 e. The van der Waals surface area contributed by atoms with E-state index in [1.54, 1.807) is 6.26 Å². The van der Waals surface area contributed by atoms with E-state index in [2.05, 4.69) is 15.5 Å². The third kappa shape index (κ3) is 3.41. The Labute approximate surface area is 134 Å². The summed E-state index contributed by atoms with van der Waals surface area (Å²) in [6, 6.07) is 9.86. The smallest absolute Gasteiger partial charge is 0.301 e. The molecule has 1 aliphatic heterocycles. The number of hydrogen-bond acceptors (Lipinski definition) is 5. The van der Waals surface area contributed by atoms with E-state index >= 15 is 0 Å². The number of oxime groups is 1. The molecular formula is C17H19N3O3. The van der Waals surface area contributed by atoms with E-state index in [1.165, 1.54) is 0 Å². The zero-order valence-electron chi connectivity index (χ0n) is 13.4. The highest BCUT2D eigenvalue weighted by Crippen LogP contribution is 2.27. The molecule has 120 valence electrons. The van der Waals surface area contributed by atoms with Crippen LogP contribution in [0.2, 0.25) is 0 Å². The number of nitrogens with one attached hydrogen (secondary N) is 1. The molecule has 1 N–H and O–H groups in total. The number of oxazole rings is 1. The van der Waals surface area contributed by atoms with Gasteiger partial charge in [0.1, 0.15) is 12.0 Å². The van der Waals surface area contributed by atoms with Gasteiger partial charge in [0.2, 0.25) is 0 Å². The predicted molar refractivity (Wildman–Crippen MR) is 86.2 cm³/mol. The van der Waals surface area contributed by atoms with Crippen molar-refractivity contribution in [2.75, 3.05) is 5.32 Å². The molecule has 1 aromatic carbocycles. The first-order chi connectivity index (χ1) is 10.9. The molecule has 2 aromatic rings. The molecule has 1 amide bonds. The Morgan fingerprint density at radius 2 is 2.00 bits per heavy atom. The second-order valence-corrected chi connectivity index (χ2v) is 6.49. The predicted octanol–water partition coefficient (Wildman–Crippen LogP) is 3.43. The number of nitrogens with zero attached hydrogens (tertiary/aromatic N) is 2. The van der Waals surface area contributed by atoms with Gasteiger partial charge in [-0.2, -0.15) is 4.98 Å². The quantitative estimate of drug-likeness (QED) is 0.941. The lowest BCUT2D eigenvalue weighted by atomic mass is 9.93. The molecule has 1 atom stereocenters. The van der Waals surface area contributed by atoms with Crippen molar-refractivity contribution in [2.24, 2.45) is 5.16 Å². The lowest BCUT2D eigenvalue weighted by molar-refractivity contribution is -0.110. The van der Waals surface area contributed by atoms with Gasteiger partial charge >= 0.3 is 6.01 Å². The molecule has 1 aliphatic rings. The van der Waals surface area contributed by atoms with Crippen molar-refractivity contribution in [2.45, 2.75) is 38.7 Å². The first-order valence-corrected chi connectivity index (χ1v) is 7.48. The molecule has 0 spiro atoms. The average molecular weight is 313 g/mol. The van der Waals surface area contributed by atoms with Gasteiger partial charge in [0.25, 0.3) is 5.91 Å². The molecule has 2 heterocycles. The van der Waals surface area contributed by atoms with E-state index in [0.717, 1.165) is 11.3 Å². The minimum absolute atomic E-state index is 0.140. The van der Waals surface area contributed by atoms with Crippen molar-refractivity contribution in [3.8, 4) is 0 Å². The van der Waals surface area contributed by atoms with Gasteiger partial charge in [-0.3, -0.25) is 10.1 Å². The van der Waals surface area contributed by atoms with Crippen LogP contribution in [0, 0.1) is 0 Å². The van der Waals surface area contributed by atoms with Gasteiger partial charge in [-0.1, -0.05) is 56.3 Å². The summed E-state index contributed by atoms with van der Waals surface area (Å²) < 4.78 is 5.29. The first-order valence-electron chi connectivity index (χ1n) is 7.48. The van der Waals surface area contributed by atoms with Crippen LogP contribution in [0.1, 0.15) is 44.6 Å². The second-order valence-electron chi connectivity index (χ2n) is 6.49. The Morgan fingerprint density at radius 3 is 2.65 bits per heavy atom. The molecule has 1 aromatic heterocycles. The Hall–Kier alpha value is -2.63. The van der Waals surface area contributed by atoms with E-state index in [-0.39, 0.29) is 23.4 Å². The van der Waals surface area contributed by atoms with Gasteiger partial charge in [-0.25, -0.2) is 0 Å². The third-order valence-electron chi connectivity index (χ3n) is 3.60. The number of hydrogen-bond donors (Lipinski definition) is 1. The molecule has 0 aliphatic carbocycles. The number of anilines is 1. The van der Waals surface area contributed by atoms with Crippen molar-refractivity contribution < 1.29 is 14.0 Å². The molecule has 0 saturated carbocycles. The third-order valence-corrected chi connectivity index (χ3v) is 3.60. The van der Waals surface area contributed by atoms with Gasteiger partial charge in [0, 0.05) is 11.8 Å². The van der Waals surface area contributed by atoms with Crippen molar-refractivity contribution in [3.63, 3.8) is 0 Å². The Morgan fingerprint density at radius 1 is 1.26 bits per heavy atom. The number of aromatic nitrogens is 1. The van der Waals surface area contributed by atoms with Gasteiger partial charge in [0.05, 0.1) is 5.69 Å². The van der Waals surface area contributed by atoms with Crippen LogP contribution in [0.5, 0.6) is 0 Å². The minimum Gasteiger partial charge on any atom is -0.432 e. The maximum absolute atomic E-state index is 12.2. The second kappa shape index (κ2) is 5.87. The summed E-state index contributed by atoms with van der Waals surface area (Å²) in [6.45, 7) is 6.07. The zero-order valence-corrected chi connectivity index (χ0v) is 13.4. The number of carbonyl (C=O) groups is 1. The monoisotopic (exact) mass is 313 g/mol. The van der Waals surface area contributed by atoms with E-state index in [1.807, 2.05) is 51.1 Å². The summed E-state index contributed by atoms with van der Waals surface area (Å²) in [5, 5.41) is 6.50. The number of amides is 1. The molecule has 6 heteroatoms. The Kier molecular flexibility index (Phi) is 3.90. The summed E-state index contributed by atoms with van der Waals surface area (Å²) in [5.74, 6) is -0.356. The van der Waals surface area contributed by atoms with Crippen molar-refractivity contribution in [3.05, 3.63) is 47.9 Å². The van der Waals surface area contributed by atoms with Crippen molar-refractivity contribution >= 4 is 17.6 Å². The van der Waals surface area contributed by atoms with Crippen LogP contribution in [-0.2, 0) is 15.0 Å². The summed E-state index contributed by atoms with van der Waals surface area (Å²) in [4.78, 5) is 21.9. The van der Waals surface area contributed by atoms with Crippen LogP contribution in [0.3, 0.4) is 0 Å². The van der Waals surface area contributed by atoms with Crippen LogP contribution in [0.4, 0.5) is 6.01 Å². The fourth-order valence-corrected chi connectivity index (χ4v) is 2.20. The van der Waals surface area contributed by atoms with Gasteiger partial charge in [-0.15, -0.1) is 0 Å². The molecule has 0 saturated heterocycles. The van der Waals surface area contributed by atoms with Gasteiger partial charge in [0.15, 0.2) is 6.10 Å². The topological polar surface area (TPSA) is 76.7 Å². The Balaban J connectivity index is 1.62. The van der Waals surface area contributed by atoms with Crippen LogP contribution in [0.15, 0.2) is 46.2 Å². The normalized spacial score (nSPS) is 17.5. The van der Waals surface area contributed by atoms with Gasteiger partial charge < -0.3 is 9.25 Å². The highest BCUT2D eigenvalue weighted by molar-refractivity contribution is 6.43. The summed E-state index contributed by atoms with van der Waals surface area (Å²) in [5.41, 5.74) is 1.96. The van der Waals surface area contributed by atoms with Crippen LogP contribution in [-0.4, -0.2) is 16.6 Å². The zero-order chi connectivity index (χ0) is 16.4. The minimum atomic E-state index is -0.356. The van der Waals surface area contributed by atoms with Crippen LogP contribution >= 0.6 is 0 Å². The molecular weight excluding hydrogens is 294 g/mol. The standard InChI is InChI=1S/C17H19N3O3/c1-17(2,3)14-10-22-16(18-14)19-15(21)12-9-13(23-20-12)11-7-5-4-6-8-11/h4-8,10,13H,9H2,1-3H3,(H,18,19,21). The van der Waals surface area contributed by atoms with Crippen molar-refractivity contribution in [1.29, 1.82) is 0 Å². The number of carbonyl (C=O) groups excluding carboxylic acids is 1. The summed E-state index contributed by atoms with van der Waals surface area (Å²) in [6.07, 6.45) is 1.74. The first kappa shape index (κ1) is 15.3. The SMILES string of the molecule is CC(C)(C)c1coc(NC(=O)C2=NOC(c3ccccc3)C2)n1. The van der Waals surface area contributed by atoms with E-state index in [4.69, 9.17) is 9.25 Å². The number of rotatable bonds is 3. The fraction of sp³-hybridized carbons (Fsp3) is 0.353. The molecule has 0 radical (unpaired) electrons. The molecule has 0 fully saturated rings. The van der Waals surface area contributed by atoms with E-state index < -0.39 is 0 Å². The lowest BCUT2D eigenvalue weighted by Gasteiger charge is -2.12. The van der Waals surface area contributed by atoms with Crippen molar-refractivity contribution in [1.82, 2.24) is 4.98 Å². The van der Waals surface area contributed by atoms with Crippen LogP contribution < -0.4 is 5.32 Å². The maximum Gasteiger partial charge on any atom is 0.301 e. The van der Waals surface area contributed by atoms with Gasteiger partial charge in [-0.05, 0) is 5.56 Å². The molecule has 6 nitrogen and oxygen atoms in total. The highest BCUT2D eigenvalue weighted by Gasteiger charge is 2.28. The van der Waals surface area contributed by atoms with E-state index in [0.29, 0.717) is 12.1 Å². The number of benzene rings is 1. The Bertz CT molecular complexity index is 729. The maximum atomic E-state index is 12.2. The summed E-state index contributed by atoms with van der Waals surface area (Å²) in [7, 11) is 0. The molecule has 1 unspecified atom stereocenters. The lowest BCUT2D eigenvalue weighted by Crippen LogP contribution is -2.22. The van der Waals surface area contributed by atoms with E-state index in [9.17, 15) is 4.79 Å². The average Bonchev–Trinajstić information content (AvgIpc) is 3.16. The fourth-order valence-electron chi connectivity index (χ4n) is 2.20. The molecule has 0 bridgehead atoms. The highest BCUT2D eigenvalue weighted by atomic mass is 16.6. The molecule has 3 rings (SSSR count). The molecule has 23 heavy (non-hydrogen) atoms. The summed E-state index contributed by atoms with van der Waals surface area (Å²) >= 11 is 0.